The van der Waals surface area contributed by atoms with E-state index < -0.39 is 0 Å². The summed E-state index contributed by atoms with van der Waals surface area (Å²) >= 11 is 0. The predicted octanol–water partition coefficient (Wildman–Crippen LogP) is 2.34. The Morgan fingerprint density at radius 2 is 2.05 bits per heavy atom. The zero-order valence-corrected chi connectivity index (χ0v) is 11.6. The molecular weight excluding hydrogens is 240 g/mol. The van der Waals surface area contributed by atoms with Gasteiger partial charge in [-0.2, -0.15) is 0 Å². The zero-order chi connectivity index (χ0) is 13.8. The molecule has 2 aromatic heterocycles. The van der Waals surface area contributed by atoms with Gasteiger partial charge in [-0.25, -0.2) is 0 Å². The Morgan fingerprint density at radius 3 is 2.74 bits per heavy atom. The number of nitrogens with zero attached hydrogens (tertiary/aromatic N) is 3. The molecule has 0 bridgehead atoms. The molecular formula is C14H20N4O. The number of pyridine rings is 1. The van der Waals surface area contributed by atoms with Gasteiger partial charge >= 0.3 is 0 Å². The van der Waals surface area contributed by atoms with Crippen molar-refractivity contribution in [3.63, 3.8) is 0 Å². The summed E-state index contributed by atoms with van der Waals surface area (Å²) in [5, 5.41) is 11.3. The van der Waals surface area contributed by atoms with Crippen molar-refractivity contribution in [3.05, 3.63) is 30.2 Å². The SMILES string of the molecule is CCC(CC)C(=O)NC(C)c1nnc2ccccn12. The van der Waals surface area contributed by atoms with Crippen LogP contribution in [-0.2, 0) is 4.79 Å². The van der Waals surface area contributed by atoms with E-state index in [1.807, 2.05) is 49.6 Å². The monoisotopic (exact) mass is 260 g/mol. The minimum absolute atomic E-state index is 0.0710. The molecule has 5 heteroatoms. The van der Waals surface area contributed by atoms with Crippen molar-refractivity contribution in [1.29, 1.82) is 0 Å². The number of nitrogens with one attached hydrogen (secondary N) is 1. The number of carbonyl (C=O) groups is 1. The highest BCUT2D eigenvalue weighted by molar-refractivity contribution is 5.78. The van der Waals surface area contributed by atoms with E-state index in [1.54, 1.807) is 0 Å². The van der Waals surface area contributed by atoms with Crippen molar-refractivity contribution in [2.45, 2.75) is 39.7 Å². The third-order valence-corrected chi connectivity index (χ3v) is 3.44. The van der Waals surface area contributed by atoms with E-state index >= 15 is 0 Å². The molecule has 1 atom stereocenters. The van der Waals surface area contributed by atoms with E-state index in [9.17, 15) is 4.79 Å². The molecule has 0 saturated carbocycles. The summed E-state index contributed by atoms with van der Waals surface area (Å²) in [4.78, 5) is 12.1. The van der Waals surface area contributed by atoms with Crippen LogP contribution in [0.1, 0.15) is 45.5 Å². The van der Waals surface area contributed by atoms with Gasteiger partial charge in [-0.15, -0.1) is 10.2 Å². The van der Waals surface area contributed by atoms with Crippen molar-refractivity contribution < 1.29 is 4.79 Å². The van der Waals surface area contributed by atoms with Gasteiger partial charge in [0.15, 0.2) is 11.5 Å². The standard InChI is InChI=1S/C14H20N4O/c1-4-11(5-2)14(19)15-10(3)13-17-16-12-8-6-7-9-18(12)13/h6-11H,4-5H2,1-3H3,(H,15,19). The van der Waals surface area contributed by atoms with E-state index in [0.29, 0.717) is 0 Å². The second-order valence-corrected chi connectivity index (χ2v) is 4.73. The number of hydrogen-bond acceptors (Lipinski definition) is 3. The lowest BCUT2D eigenvalue weighted by atomic mass is 10.0. The van der Waals surface area contributed by atoms with Gasteiger partial charge in [-0.1, -0.05) is 19.9 Å². The summed E-state index contributed by atoms with van der Waals surface area (Å²) in [6.07, 6.45) is 3.62. The first kappa shape index (κ1) is 13.5. The topological polar surface area (TPSA) is 59.3 Å². The van der Waals surface area contributed by atoms with Crippen molar-refractivity contribution in [1.82, 2.24) is 19.9 Å². The molecule has 102 valence electrons. The van der Waals surface area contributed by atoms with Crippen molar-refractivity contribution in [3.8, 4) is 0 Å². The van der Waals surface area contributed by atoms with Crippen molar-refractivity contribution in [2.75, 3.05) is 0 Å². The highest BCUT2D eigenvalue weighted by atomic mass is 16.1. The summed E-state index contributed by atoms with van der Waals surface area (Å²) in [6, 6.07) is 5.59. The van der Waals surface area contributed by atoms with Gasteiger partial charge in [0.2, 0.25) is 5.91 Å². The first-order chi connectivity index (χ1) is 9.17. The third kappa shape index (κ3) is 2.75. The molecule has 1 amide bonds. The van der Waals surface area contributed by atoms with E-state index in [2.05, 4.69) is 15.5 Å². The zero-order valence-electron chi connectivity index (χ0n) is 11.6. The molecule has 19 heavy (non-hydrogen) atoms. The van der Waals surface area contributed by atoms with Gasteiger partial charge in [0.05, 0.1) is 6.04 Å². The van der Waals surface area contributed by atoms with Crippen LogP contribution in [0.25, 0.3) is 5.65 Å². The largest absolute Gasteiger partial charge is 0.346 e. The third-order valence-electron chi connectivity index (χ3n) is 3.44. The van der Waals surface area contributed by atoms with Crippen LogP contribution < -0.4 is 5.32 Å². The van der Waals surface area contributed by atoms with Crippen LogP contribution in [0.3, 0.4) is 0 Å². The molecule has 1 N–H and O–H groups in total. The average molecular weight is 260 g/mol. The second kappa shape index (κ2) is 5.82. The quantitative estimate of drug-likeness (QED) is 0.897. The lowest BCUT2D eigenvalue weighted by Gasteiger charge is -2.17. The molecule has 0 aliphatic carbocycles. The summed E-state index contributed by atoms with van der Waals surface area (Å²) in [7, 11) is 0. The Balaban J connectivity index is 2.16. The van der Waals surface area contributed by atoms with Gasteiger partial charge in [0, 0.05) is 12.1 Å². The fourth-order valence-electron chi connectivity index (χ4n) is 2.21. The van der Waals surface area contributed by atoms with E-state index in [1.165, 1.54) is 0 Å². The predicted molar refractivity (Wildman–Crippen MR) is 73.6 cm³/mol. The molecule has 2 heterocycles. The van der Waals surface area contributed by atoms with Crippen LogP contribution in [0.4, 0.5) is 0 Å². The Hall–Kier alpha value is -1.91. The number of aromatic nitrogens is 3. The molecule has 0 aromatic carbocycles. The lowest BCUT2D eigenvalue weighted by molar-refractivity contribution is -0.125. The van der Waals surface area contributed by atoms with Gasteiger partial charge in [0.1, 0.15) is 0 Å². The van der Waals surface area contributed by atoms with Gasteiger partial charge < -0.3 is 5.32 Å². The first-order valence-corrected chi connectivity index (χ1v) is 6.77. The number of rotatable bonds is 5. The maximum Gasteiger partial charge on any atom is 0.223 e. The maximum atomic E-state index is 12.1. The Bertz CT molecular complexity index is 559. The highest BCUT2D eigenvalue weighted by Gasteiger charge is 2.19. The molecule has 0 radical (unpaired) electrons. The first-order valence-electron chi connectivity index (χ1n) is 6.77. The molecule has 0 aliphatic rings. The average Bonchev–Trinajstić information content (AvgIpc) is 2.84. The maximum absolute atomic E-state index is 12.1. The fraction of sp³-hybridized carbons (Fsp3) is 0.500. The van der Waals surface area contributed by atoms with E-state index in [4.69, 9.17) is 0 Å². The van der Waals surface area contributed by atoms with Crippen LogP contribution in [0.5, 0.6) is 0 Å². The number of carbonyl (C=O) groups excluding carboxylic acids is 1. The van der Waals surface area contributed by atoms with Crippen LogP contribution in [0, 0.1) is 5.92 Å². The number of amides is 1. The molecule has 5 nitrogen and oxygen atoms in total. The summed E-state index contributed by atoms with van der Waals surface area (Å²) in [5.74, 6) is 0.918. The molecule has 1 unspecified atom stereocenters. The van der Waals surface area contributed by atoms with Crippen LogP contribution >= 0.6 is 0 Å². The molecule has 0 fully saturated rings. The Morgan fingerprint density at radius 1 is 1.32 bits per heavy atom. The lowest BCUT2D eigenvalue weighted by Crippen LogP contribution is -2.33. The molecule has 2 rings (SSSR count). The van der Waals surface area contributed by atoms with Gasteiger partial charge in [-0.05, 0) is 31.9 Å². The summed E-state index contributed by atoms with van der Waals surface area (Å²) in [6.45, 7) is 6.00. The second-order valence-electron chi connectivity index (χ2n) is 4.73. The van der Waals surface area contributed by atoms with Crippen LogP contribution in [0.2, 0.25) is 0 Å². The van der Waals surface area contributed by atoms with Crippen molar-refractivity contribution in [2.24, 2.45) is 5.92 Å². The fourth-order valence-corrected chi connectivity index (χ4v) is 2.21. The Labute approximate surface area is 113 Å². The van der Waals surface area contributed by atoms with Crippen LogP contribution in [-0.4, -0.2) is 20.5 Å². The molecule has 0 saturated heterocycles. The Kier molecular flexibility index (Phi) is 4.14. The van der Waals surface area contributed by atoms with Gasteiger partial charge in [-0.3, -0.25) is 9.20 Å². The van der Waals surface area contributed by atoms with Gasteiger partial charge in [0.25, 0.3) is 0 Å². The van der Waals surface area contributed by atoms with Crippen LogP contribution in [0.15, 0.2) is 24.4 Å². The molecule has 0 spiro atoms. The van der Waals surface area contributed by atoms with E-state index in [0.717, 1.165) is 24.3 Å². The minimum Gasteiger partial charge on any atom is -0.346 e. The summed E-state index contributed by atoms with van der Waals surface area (Å²) in [5.41, 5.74) is 0.793. The minimum atomic E-state index is -0.148. The highest BCUT2D eigenvalue weighted by Crippen LogP contribution is 2.14. The number of hydrogen-bond donors (Lipinski definition) is 1. The smallest absolute Gasteiger partial charge is 0.223 e. The number of fused-ring (bicyclic) bond motifs is 1. The molecule has 2 aromatic rings. The van der Waals surface area contributed by atoms with Crippen molar-refractivity contribution >= 4 is 11.6 Å². The normalized spacial score (nSPS) is 12.8. The summed E-state index contributed by atoms with van der Waals surface area (Å²) < 4.78 is 1.90. The van der Waals surface area contributed by atoms with E-state index in [-0.39, 0.29) is 17.9 Å². The molecule has 0 aliphatic heterocycles.